The van der Waals surface area contributed by atoms with Gasteiger partial charge < -0.3 is 14.8 Å². The zero-order valence-electron chi connectivity index (χ0n) is 21.1. The van der Waals surface area contributed by atoms with Gasteiger partial charge in [-0.3, -0.25) is 9.59 Å². The van der Waals surface area contributed by atoms with E-state index in [2.05, 4.69) is 10.4 Å². The quantitative estimate of drug-likeness (QED) is 0.284. The smallest absolute Gasteiger partial charge is 0.359 e. The molecule has 0 spiro atoms. The van der Waals surface area contributed by atoms with Gasteiger partial charge in [0.05, 0.1) is 23.6 Å². The lowest BCUT2D eigenvalue weighted by molar-refractivity contribution is -0.116. The van der Waals surface area contributed by atoms with Gasteiger partial charge in [-0.1, -0.05) is 48.5 Å². The molecule has 8 nitrogen and oxygen atoms in total. The van der Waals surface area contributed by atoms with Gasteiger partial charge in [-0.15, -0.1) is 11.3 Å². The van der Waals surface area contributed by atoms with Gasteiger partial charge in [0.25, 0.3) is 5.56 Å². The number of esters is 1. The minimum Gasteiger partial charge on any atom is -0.461 e. The number of carbonyl (C=O) groups is 2. The van der Waals surface area contributed by atoms with Gasteiger partial charge in [0.2, 0.25) is 5.91 Å². The number of nitrogens with one attached hydrogen (secondary N) is 1. The summed E-state index contributed by atoms with van der Waals surface area (Å²) in [6.45, 7) is 3.76. The van der Waals surface area contributed by atoms with Crippen molar-refractivity contribution >= 4 is 39.0 Å². The van der Waals surface area contributed by atoms with Crippen molar-refractivity contribution in [3.8, 4) is 17.2 Å². The van der Waals surface area contributed by atoms with E-state index in [-0.39, 0.29) is 23.6 Å². The van der Waals surface area contributed by atoms with Crippen molar-refractivity contribution in [1.82, 2.24) is 9.78 Å². The van der Waals surface area contributed by atoms with Crippen molar-refractivity contribution in [2.24, 2.45) is 0 Å². The van der Waals surface area contributed by atoms with Crippen LogP contribution in [0, 0.1) is 6.92 Å². The first-order chi connectivity index (χ1) is 19.0. The number of amides is 1. The van der Waals surface area contributed by atoms with Crippen LogP contribution in [-0.2, 0) is 9.53 Å². The molecule has 0 radical (unpaired) electrons. The Morgan fingerprint density at radius 1 is 1.03 bits per heavy atom. The first kappa shape index (κ1) is 24.6. The van der Waals surface area contributed by atoms with Crippen molar-refractivity contribution in [2.75, 3.05) is 11.9 Å². The van der Waals surface area contributed by atoms with Gasteiger partial charge in [-0.25, -0.2) is 4.79 Å². The van der Waals surface area contributed by atoms with Crippen LogP contribution in [0.2, 0.25) is 0 Å². The second-order valence-corrected chi connectivity index (χ2v) is 9.96. The standard InChI is InChI=1S/C30H23N3O5S/c1-3-37-30(36)26-21-16-39-28(25(21)29(35)33(32-26)18-10-8-9-17(2)15-18)31-27(34)24-19-11-4-6-13-22(19)38-23-14-7-5-12-20(23)24/h4-16,24H,3H2,1-2H3,(H,31,34). The third-order valence-corrected chi connectivity index (χ3v) is 7.44. The Morgan fingerprint density at radius 2 is 1.72 bits per heavy atom. The van der Waals surface area contributed by atoms with E-state index >= 15 is 0 Å². The third kappa shape index (κ3) is 4.26. The Morgan fingerprint density at radius 3 is 2.38 bits per heavy atom. The lowest BCUT2D eigenvalue weighted by Gasteiger charge is -2.27. The third-order valence-electron chi connectivity index (χ3n) is 6.55. The summed E-state index contributed by atoms with van der Waals surface area (Å²) in [6.07, 6.45) is 0. The van der Waals surface area contributed by atoms with E-state index in [1.165, 1.54) is 4.68 Å². The van der Waals surface area contributed by atoms with E-state index < -0.39 is 17.4 Å². The van der Waals surface area contributed by atoms with Crippen LogP contribution in [0.1, 0.15) is 40.0 Å². The topological polar surface area (TPSA) is 99.5 Å². The molecule has 9 heteroatoms. The average molecular weight is 538 g/mol. The van der Waals surface area contributed by atoms with E-state index in [4.69, 9.17) is 9.47 Å². The number of rotatable bonds is 5. The van der Waals surface area contributed by atoms with Crippen LogP contribution in [0.5, 0.6) is 11.5 Å². The van der Waals surface area contributed by atoms with Crippen molar-refractivity contribution in [1.29, 1.82) is 0 Å². The van der Waals surface area contributed by atoms with Crippen molar-refractivity contribution < 1.29 is 19.1 Å². The van der Waals surface area contributed by atoms with Crippen molar-refractivity contribution in [2.45, 2.75) is 19.8 Å². The molecule has 5 aromatic rings. The van der Waals surface area contributed by atoms with E-state index in [9.17, 15) is 14.4 Å². The van der Waals surface area contributed by atoms with Crippen LogP contribution in [0.3, 0.4) is 0 Å². The fraction of sp³-hybridized carbons (Fsp3) is 0.133. The minimum atomic E-state index is -0.659. The summed E-state index contributed by atoms with van der Waals surface area (Å²) < 4.78 is 12.5. The molecule has 0 aliphatic carbocycles. The second-order valence-electron chi connectivity index (χ2n) is 9.08. The van der Waals surface area contributed by atoms with Crippen LogP contribution in [0.15, 0.2) is 83.0 Å². The number of para-hydroxylation sites is 2. The number of aryl methyl sites for hydroxylation is 1. The van der Waals surface area contributed by atoms with Gasteiger partial charge in [-0.2, -0.15) is 9.78 Å². The molecule has 6 rings (SSSR count). The maximum Gasteiger partial charge on any atom is 0.359 e. The fourth-order valence-corrected chi connectivity index (χ4v) is 5.74. The first-order valence-electron chi connectivity index (χ1n) is 12.4. The van der Waals surface area contributed by atoms with Crippen molar-refractivity contribution in [3.63, 3.8) is 0 Å². The Labute approximate surface area is 227 Å². The summed E-state index contributed by atoms with van der Waals surface area (Å²) in [5.74, 6) is -0.426. The molecule has 0 saturated heterocycles. The molecular formula is C30H23N3O5S. The number of benzene rings is 3. The van der Waals surface area contributed by atoms with Crippen molar-refractivity contribution in [3.05, 3.63) is 111 Å². The highest BCUT2D eigenvalue weighted by Gasteiger charge is 2.33. The lowest BCUT2D eigenvalue weighted by atomic mass is 9.87. The molecule has 2 aromatic heterocycles. The summed E-state index contributed by atoms with van der Waals surface area (Å²) >= 11 is 1.16. The Bertz CT molecular complexity index is 1780. The highest BCUT2D eigenvalue weighted by atomic mass is 32.1. The Hall–Kier alpha value is -4.76. The summed E-state index contributed by atoms with van der Waals surface area (Å²) in [5, 5.41) is 9.86. The van der Waals surface area contributed by atoms with Crippen LogP contribution in [0.4, 0.5) is 5.00 Å². The molecule has 0 atom stereocenters. The maximum atomic E-state index is 13.9. The van der Waals surface area contributed by atoms with Crippen LogP contribution < -0.4 is 15.6 Å². The first-order valence-corrected chi connectivity index (χ1v) is 13.3. The zero-order valence-corrected chi connectivity index (χ0v) is 22.0. The molecule has 1 N–H and O–H groups in total. The molecule has 1 aliphatic heterocycles. The lowest BCUT2D eigenvalue weighted by Crippen LogP contribution is -2.27. The molecule has 3 heterocycles. The normalized spacial score (nSPS) is 12.4. The van der Waals surface area contributed by atoms with Gasteiger partial charge in [0.1, 0.15) is 16.5 Å². The summed E-state index contributed by atoms with van der Waals surface area (Å²) in [5.41, 5.74) is 2.43. The number of ether oxygens (including phenoxy) is 2. The molecule has 0 saturated carbocycles. The number of carbonyl (C=O) groups excluding carboxylic acids is 2. The molecule has 0 unspecified atom stereocenters. The zero-order chi connectivity index (χ0) is 27.1. The summed E-state index contributed by atoms with van der Waals surface area (Å²) in [6, 6.07) is 22.0. The SMILES string of the molecule is CCOC(=O)c1nn(-c2cccc(C)c2)c(=O)c2c(NC(=O)C3c4ccccc4Oc4ccccc43)scc12. The van der Waals surface area contributed by atoms with Gasteiger partial charge in [0.15, 0.2) is 5.69 Å². The summed E-state index contributed by atoms with van der Waals surface area (Å²) in [4.78, 5) is 40.6. The number of hydrogen-bond donors (Lipinski definition) is 1. The number of nitrogens with zero attached hydrogens (tertiary/aromatic N) is 2. The predicted octanol–water partition coefficient (Wildman–Crippen LogP) is 5.81. The van der Waals surface area contributed by atoms with Gasteiger partial charge in [-0.05, 0) is 43.7 Å². The molecule has 39 heavy (non-hydrogen) atoms. The van der Waals surface area contributed by atoms with E-state index in [0.717, 1.165) is 28.0 Å². The predicted molar refractivity (Wildman–Crippen MR) is 149 cm³/mol. The van der Waals surface area contributed by atoms with Crippen LogP contribution in [0.25, 0.3) is 16.5 Å². The highest BCUT2D eigenvalue weighted by Crippen LogP contribution is 2.44. The fourth-order valence-electron chi connectivity index (χ4n) is 4.80. The Kier molecular flexibility index (Phi) is 6.20. The molecule has 0 fully saturated rings. The maximum absolute atomic E-state index is 13.9. The molecule has 194 valence electrons. The number of hydrogen-bond acceptors (Lipinski definition) is 7. The highest BCUT2D eigenvalue weighted by molar-refractivity contribution is 7.16. The number of aromatic nitrogens is 2. The van der Waals surface area contributed by atoms with Gasteiger partial charge in [0, 0.05) is 21.9 Å². The average Bonchev–Trinajstić information content (AvgIpc) is 3.35. The molecule has 1 amide bonds. The van der Waals surface area contributed by atoms with E-state index in [0.29, 0.717) is 27.6 Å². The molecule has 3 aromatic carbocycles. The molecular weight excluding hydrogens is 514 g/mol. The monoisotopic (exact) mass is 537 g/mol. The molecule has 0 bridgehead atoms. The van der Waals surface area contributed by atoms with Crippen LogP contribution in [-0.4, -0.2) is 28.3 Å². The number of fused-ring (bicyclic) bond motifs is 3. The minimum absolute atomic E-state index is 0.00598. The van der Waals surface area contributed by atoms with E-state index in [1.807, 2.05) is 67.6 Å². The van der Waals surface area contributed by atoms with E-state index in [1.54, 1.807) is 24.4 Å². The molecule has 1 aliphatic rings. The second kappa shape index (κ2) is 9.85. The number of anilines is 1. The van der Waals surface area contributed by atoms with Gasteiger partial charge >= 0.3 is 5.97 Å². The summed E-state index contributed by atoms with van der Waals surface area (Å²) in [7, 11) is 0. The Balaban J connectivity index is 1.49. The number of thiophene rings is 1. The largest absolute Gasteiger partial charge is 0.461 e. The van der Waals surface area contributed by atoms with Crippen LogP contribution >= 0.6 is 11.3 Å².